The topological polar surface area (TPSA) is 95.9 Å². The van der Waals surface area contributed by atoms with Crippen LogP contribution in [-0.4, -0.2) is 65.2 Å². The van der Waals surface area contributed by atoms with Gasteiger partial charge in [-0.15, -0.1) is 0 Å². The Bertz CT molecular complexity index is 1010. The van der Waals surface area contributed by atoms with Gasteiger partial charge in [-0.1, -0.05) is 48.5 Å². The third-order valence-corrected chi connectivity index (χ3v) is 7.03. The number of ether oxygens (including phenoxy) is 1. The zero-order chi connectivity index (χ0) is 24.1. The number of carboxylic acid groups (broad SMARTS) is 1. The highest BCUT2D eigenvalue weighted by Crippen LogP contribution is 2.44. The SMILES string of the molecule is CSCCC(NC(=O)OCC1c2ccccc2-c2ccccc21)C(=O)N(CCC(=O)O)C1CC1. The first-order valence-corrected chi connectivity index (χ1v) is 13.0. The van der Waals surface area contributed by atoms with E-state index < -0.39 is 18.1 Å². The average molecular weight is 483 g/mol. The molecule has 0 aliphatic heterocycles. The number of hydrogen-bond donors (Lipinski definition) is 2. The Hall–Kier alpha value is -3.00. The average Bonchev–Trinajstić information content (AvgIpc) is 3.62. The van der Waals surface area contributed by atoms with Gasteiger partial charge >= 0.3 is 12.1 Å². The van der Waals surface area contributed by atoms with Crippen molar-refractivity contribution in [2.45, 2.75) is 43.7 Å². The predicted molar refractivity (Wildman–Crippen MR) is 132 cm³/mol. The van der Waals surface area contributed by atoms with Gasteiger partial charge in [0.15, 0.2) is 0 Å². The summed E-state index contributed by atoms with van der Waals surface area (Å²) in [5.41, 5.74) is 4.55. The van der Waals surface area contributed by atoms with Crippen LogP contribution in [0.2, 0.25) is 0 Å². The van der Waals surface area contributed by atoms with Crippen LogP contribution in [0.25, 0.3) is 11.1 Å². The molecule has 0 saturated heterocycles. The smallest absolute Gasteiger partial charge is 0.407 e. The molecule has 2 amide bonds. The standard InChI is InChI=1S/C26H30N2O5S/c1-34-15-13-23(25(31)28(17-10-11-17)14-12-24(29)30)27-26(32)33-16-22-20-8-4-2-6-18(20)19-7-3-5-9-21(19)22/h2-9,17,22-23H,10-16H2,1H3,(H,27,32)(H,29,30). The van der Waals surface area contributed by atoms with E-state index in [2.05, 4.69) is 29.6 Å². The van der Waals surface area contributed by atoms with Crippen molar-refractivity contribution in [1.29, 1.82) is 0 Å². The highest BCUT2D eigenvalue weighted by molar-refractivity contribution is 7.98. The van der Waals surface area contributed by atoms with Gasteiger partial charge in [-0.3, -0.25) is 9.59 Å². The first-order valence-electron chi connectivity index (χ1n) is 11.6. The first-order chi connectivity index (χ1) is 16.5. The zero-order valence-electron chi connectivity index (χ0n) is 19.2. The monoisotopic (exact) mass is 482 g/mol. The van der Waals surface area contributed by atoms with E-state index in [1.807, 2.05) is 30.5 Å². The predicted octanol–water partition coefficient (Wildman–Crippen LogP) is 4.11. The number of carbonyl (C=O) groups is 3. The molecule has 2 N–H and O–H groups in total. The van der Waals surface area contributed by atoms with Gasteiger partial charge in [0, 0.05) is 18.5 Å². The molecule has 1 unspecified atom stereocenters. The molecule has 2 aliphatic rings. The Balaban J connectivity index is 1.41. The molecule has 8 heteroatoms. The number of carbonyl (C=O) groups excluding carboxylic acids is 2. The lowest BCUT2D eigenvalue weighted by Crippen LogP contribution is -2.50. The Labute approximate surface area is 203 Å². The normalized spacial score (nSPS) is 15.2. The molecule has 0 radical (unpaired) electrons. The van der Waals surface area contributed by atoms with Crippen molar-refractivity contribution >= 4 is 29.7 Å². The van der Waals surface area contributed by atoms with Crippen molar-refractivity contribution in [3.05, 3.63) is 59.7 Å². The molecule has 2 aromatic rings. The third kappa shape index (κ3) is 5.55. The summed E-state index contributed by atoms with van der Waals surface area (Å²) < 4.78 is 5.63. The number of carboxylic acids is 1. The van der Waals surface area contributed by atoms with Crippen molar-refractivity contribution < 1.29 is 24.2 Å². The molecule has 0 heterocycles. The van der Waals surface area contributed by atoms with Crippen LogP contribution < -0.4 is 5.32 Å². The van der Waals surface area contributed by atoms with Crippen molar-refractivity contribution in [3.63, 3.8) is 0 Å². The number of amides is 2. The van der Waals surface area contributed by atoms with Gasteiger partial charge in [0.25, 0.3) is 0 Å². The van der Waals surface area contributed by atoms with Crippen LogP contribution in [0.5, 0.6) is 0 Å². The van der Waals surface area contributed by atoms with Crippen LogP contribution >= 0.6 is 11.8 Å². The van der Waals surface area contributed by atoms with E-state index in [1.54, 1.807) is 16.7 Å². The van der Waals surface area contributed by atoms with E-state index in [-0.39, 0.29) is 37.4 Å². The van der Waals surface area contributed by atoms with E-state index in [9.17, 15) is 14.4 Å². The molecule has 1 atom stereocenters. The summed E-state index contributed by atoms with van der Waals surface area (Å²) in [6.07, 6.45) is 3.40. The summed E-state index contributed by atoms with van der Waals surface area (Å²) >= 11 is 1.59. The number of alkyl carbamates (subject to hydrolysis) is 1. The fraction of sp³-hybridized carbons (Fsp3) is 0.423. The van der Waals surface area contributed by atoms with E-state index >= 15 is 0 Å². The summed E-state index contributed by atoms with van der Waals surface area (Å²) in [4.78, 5) is 38.6. The minimum atomic E-state index is -0.941. The van der Waals surface area contributed by atoms with Gasteiger partial charge in [0.05, 0.1) is 6.42 Å². The highest BCUT2D eigenvalue weighted by Gasteiger charge is 2.37. The lowest BCUT2D eigenvalue weighted by molar-refractivity contribution is -0.139. The lowest BCUT2D eigenvalue weighted by atomic mass is 9.98. The van der Waals surface area contributed by atoms with Crippen LogP contribution in [0.15, 0.2) is 48.5 Å². The molecular weight excluding hydrogens is 452 g/mol. The quantitative estimate of drug-likeness (QED) is 0.500. The molecule has 2 aromatic carbocycles. The fourth-order valence-corrected chi connectivity index (χ4v) is 5.02. The first kappa shape index (κ1) is 24.1. The Morgan fingerprint density at radius 2 is 1.71 bits per heavy atom. The van der Waals surface area contributed by atoms with E-state index in [0.717, 1.165) is 35.1 Å². The van der Waals surface area contributed by atoms with Crippen LogP contribution in [0, 0.1) is 0 Å². The summed E-state index contributed by atoms with van der Waals surface area (Å²) in [6.45, 7) is 0.329. The second-order valence-electron chi connectivity index (χ2n) is 8.71. The summed E-state index contributed by atoms with van der Waals surface area (Å²) in [6, 6.07) is 15.6. The maximum absolute atomic E-state index is 13.2. The molecule has 1 fully saturated rings. The molecule has 0 aromatic heterocycles. The number of aliphatic carboxylic acids is 1. The zero-order valence-corrected chi connectivity index (χ0v) is 20.1. The van der Waals surface area contributed by atoms with E-state index in [1.165, 1.54) is 0 Å². The molecule has 180 valence electrons. The van der Waals surface area contributed by atoms with Gasteiger partial charge in [0.1, 0.15) is 12.6 Å². The van der Waals surface area contributed by atoms with Gasteiger partial charge < -0.3 is 20.1 Å². The fourth-order valence-electron chi connectivity index (χ4n) is 4.55. The summed E-state index contributed by atoms with van der Waals surface area (Å²) in [5.74, 6) is -0.538. The van der Waals surface area contributed by atoms with Crippen molar-refractivity contribution in [1.82, 2.24) is 10.2 Å². The molecule has 2 aliphatic carbocycles. The maximum Gasteiger partial charge on any atom is 0.407 e. The molecule has 34 heavy (non-hydrogen) atoms. The maximum atomic E-state index is 13.2. The number of benzene rings is 2. The second kappa shape index (κ2) is 11.0. The van der Waals surface area contributed by atoms with Crippen molar-refractivity contribution in [3.8, 4) is 11.1 Å². The van der Waals surface area contributed by atoms with Crippen molar-refractivity contribution in [2.75, 3.05) is 25.2 Å². The Morgan fingerprint density at radius 3 is 2.26 bits per heavy atom. The van der Waals surface area contributed by atoms with E-state index in [4.69, 9.17) is 9.84 Å². The van der Waals surface area contributed by atoms with Crippen LogP contribution in [0.3, 0.4) is 0 Å². The van der Waals surface area contributed by atoms with Crippen LogP contribution in [0.1, 0.15) is 42.7 Å². The minimum Gasteiger partial charge on any atom is -0.481 e. The largest absolute Gasteiger partial charge is 0.481 e. The van der Waals surface area contributed by atoms with Gasteiger partial charge in [-0.2, -0.15) is 11.8 Å². The Morgan fingerprint density at radius 1 is 1.09 bits per heavy atom. The molecule has 1 saturated carbocycles. The summed E-state index contributed by atoms with van der Waals surface area (Å²) in [7, 11) is 0. The Kier molecular flexibility index (Phi) is 7.77. The molecule has 4 rings (SSSR count). The van der Waals surface area contributed by atoms with Crippen LogP contribution in [-0.2, 0) is 14.3 Å². The highest BCUT2D eigenvalue weighted by atomic mass is 32.2. The molecule has 0 spiro atoms. The summed E-state index contributed by atoms with van der Waals surface area (Å²) in [5, 5.41) is 11.8. The van der Waals surface area contributed by atoms with Gasteiger partial charge in [-0.25, -0.2) is 4.79 Å². The van der Waals surface area contributed by atoms with Gasteiger partial charge in [-0.05, 0) is 53.5 Å². The number of thioether (sulfide) groups is 1. The van der Waals surface area contributed by atoms with Crippen molar-refractivity contribution in [2.24, 2.45) is 0 Å². The number of rotatable bonds is 11. The minimum absolute atomic E-state index is 0.0583. The van der Waals surface area contributed by atoms with Crippen LogP contribution in [0.4, 0.5) is 4.79 Å². The van der Waals surface area contributed by atoms with E-state index in [0.29, 0.717) is 12.2 Å². The molecular formula is C26H30N2O5S. The molecule has 0 bridgehead atoms. The number of nitrogens with one attached hydrogen (secondary N) is 1. The second-order valence-corrected chi connectivity index (χ2v) is 9.70. The molecule has 7 nitrogen and oxygen atoms in total. The number of nitrogens with zero attached hydrogens (tertiary/aromatic N) is 1. The third-order valence-electron chi connectivity index (χ3n) is 6.38. The number of fused-ring (bicyclic) bond motifs is 3. The number of hydrogen-bond acceptors (Lipinski definition) is 5. The van der Waals surface area contributed by atoms with Gasteiger partial charge in [0.2, 0.25) is 5.91 Å². The lowest BCUT2D eigenvalue weighted by Gasteiger charge is -2.27.